The molecule has 240 valence electrons. The van der Waals surface area contributed by atoms with E-state index in [0.717, 1.165) is 17.7 Å². The minimum absolute atomic E-state index is 0.0583. The fraction of sp³-hybridized carbons (Fsp3) is 0.281. The van der Waals surface area contributed by atoms with E-state index in [-0.39, 0.29) is 18.6 Å². The maximum atomic E-state index is 14.0. The van der Waals surface area contributed by atoms with Gasteiger partial charge in [0.15, 0.2) is 17.3 Å². The van der Waals surface area contributed by atoms with Crippen molar-refractivity contribution in [2.75, 3.05) is 18.6 Å². The summed E-state index contributed by atoms with van der Waals surface area (Å²) in [4.78, 5) is 66.1. The van der Waals surface area contributed by atoms with E-state index in [2.05, 4.69) is 10.6 Å². The Kier molecular flexibility index (Phi) is 9.45. The first-order valence-corrected chi connectivity index (χ1v) is 14.2. The van der Waals surface area contributed by atoms with E-state index in [1.165, 1.54) is 30.2 Å². The molecule has 0 fully saturated rings. The first kappa shape index (κ1) is 31.9. The molecular weight excluding hydrogens is 608 g/mol. The molecule has 3 N–H and O–H groups in total. The van der Waals surface area contributed by atoms with E-state index in [1.807, 2.05) is 0 Å². The molecule has 0 saturated heterocycles. The molecule has 2 heterocycles. The van der Waals surface area contributed by atoms with Crippen LogP contribution in [0.15, 0.2) is 60.7 Å². The number of nitrogens with one attached hydrogen (secondary N) is 2. The van der Waals surface area contributed by atoms with E-state index >= 15 is 0 Å². The number of methoxy groups -OCH3 is 1. The molecule has 5 rings (SSSR count). The van der Waals surface area contributed by atoms with Crippen molar-refractivity contribution in [1.82, 2.24) is 10.6 Å². The Morgan fingerprint density at radius 2 is 1.70 bits per heavy atom. The zero-order valence-electron chi connectivity index (χ0n) is 24.5. The van der Waals surface area contributed by atoms with Gasteiger partial charge in [0.25, 0.3) is 0 Å². The Labute approximate surface area is 261 Å². The van der Waals surface area contributed by atoms with E-state index in [1.54, 1.807) is 30.3 Å². The molecule has 0 bridgehead atoms. The van der Waals surface area contributed by atoms with Crippen molar-refractivity contribution in [2.45, 2.75) is 43.8 Å². The number of para-hydroxylation sites is 1. The Hall–Kier alpha value is -5.53. The predicted molar refractivity (Wildman–Crippen MR) is 157 cm³/mol. The third-order valence-electron chi connectivity index (χ3n) is 7.64. The number of benzene rings is 3. The van der Waals surface area contributed by atoms with E-state index < -0.39 is 78.2 Å². The summed E-state index contributed by atoms with van der Waals surface area (Å²) in [6, 6.07) is 10.8. The SMILES string of the molecule is COc1ccc(OC(=O)NC2CCc3cccc4c3N(C2=O)C(C(=O)NC(CC(=O)O)C(=O)COc2cccc(F)c2F)C4)cc1. The van der Waals surface area contributed by atoms with Crippen LogP contribution in [-0.4, -0.2) is 66.6 Å². The normalized spacial score (nSPS) is 17.3. The minimum Gasteiger partial charge on any atom is -0.497 e. The molecule has 0 radical (unpaired) electrons. The largest absolute Gasteiger partial charge is 0.497 e. The molecule has 3 aromatic carbocycles. The average molecular weight is 638 g/mol. The summed E-state index contributed by atoms with van der Waals surface area (Å²) in [5, 5.41) is 14.4. The molecule has 46 heavy (non-hydrogen) atoms. The van der Waals surface area contributed by atoms with Crippen molar-refractivity contribution in [3.8, 4) is 17.2 Å². The summed E-state index contributed by atoms with van der Waals surface area (Å²) in [7, 11) is 1.49. The van der Waals surface area contributed by atoms with Crippen LogP contribution in [0.3, 0.4) is 0 Å². The van der Waals surface area contributed by atoms with Gasteiger partial charge in [-0.1, -0.05) is 24.3 Å². The Balaban J connectivity index is 1.32. The highest BCUT2D eigenvalue weighted by atomic mass is 19.2. The molecule has 12 nitrogen and oxygen atoms in total. The number of ether oxygens (including phenoxy) is 3. The summed E-state index contributed by atoms with van der Waals surface area (Å²) in [6.45, 7) is -0.863. The van der Waals surface area contributed by atoms with E-state index in [0.29, 0.717) is 23.4 Å². The number of carbonyl (C=O) groups excluding carboxylic acids is 4. The highest BCUT2D eigenvalue weighted by Crippen LogP contribution is 2.39. The maximum absolute atomic E-state index is 14.0. The lowest BCUT2D eigenvalue weighted by atomic mass is 10.0. The fourth-order valence-corrected chi connectivity index (χ4v) is 5.43. The van der Waals surface area contributed by atoms with Gasteiger partial charge in [-0.15, -0.1) is 0 Å². The number of anilines is 1. The molecule has 0 aromatic heterocycles. The number of aliphatic carboxylic acids is 1. The number of ketones is 1. The van der Waals surface area contributed by atoms with Gasteiger partial charge in [-0.05, 0) is 60.4 Å². The average Bonchev–Trinajstić information content (AvgIpc) is 3.37. The van der Waals surface area contributed by atoms with Crippen LogP contribution in [0.5, 0.6) is 17.2 Å². The number of carboxylic acid groups (broad SMARTS) is 1. The lowest BCUT2D eigenvalue weighted by Crippen LogP contribution is -2.57. The lowest BCUT2D eigenvalue weighted by molar-refractivity contribution is -0.140. The maximum Gasteiger partial charge on any atom is 0.413 e. The van der Waals surface area contributed by atoms with E-state index in [4.69, 9.17) is 14.2 Å². The highest BCUT2D eigenvalue weighted by molar-refractivity contribution is 6.08. The number of nitrogens with zero attached hydrogens (tertiary/aromatic N) is 1. The summed E-state index contributed by atoms with van der Waals surface area (Å²) >= 11 is 0. The van der Waals surface area contributed by atoms with Crippen LogP contribution in [0, 0.1) is 11.6 Å². The number of carboxylic acids is 1. The van der Waals surface area contributed by atoms with Gasteiger partial charge < -0.3 is 30.0 Å². The third-order valence-corrected chi connectivity index (χ3v) is 7.64. The van der Waals surface area contributed by atoms with Crippen LogP contribution in [0.25, 0.3) is 0 Å². The van der Waals surface area contributed by atoms with E-state index in [9.17, 15) is 37.9 Å². The molecule has 0 aliphatic carbocycles. The summed E-state index contributed by atoms with van der Waals surface area (Å²) in [5.41, 5.74) is 1.95. The first-order valence-electron chi connectivity index (χ1n) is 14.2. The van der Waals surface area contributed by atoms with Crippen molar-refractivity contribution >= 4 is 35.3 Å². The molecule has 2 aliphatic rings. The number of Topliss-reactive ketones (excluding diaryl/α,β-unsaturated/α-hetero) is 1. The van der Waals surface area contributed by atoms with Gasteiger partial charge in [-0.25, -0.2) is 9.18 Å². The van der Waals surface area contributed by atoms with Gasteiger partial charge >= 0.3 is 12.1 Å². The lowest BCUT2D eigenvalue weighted by Gasteiger charge is -2.28. The summed E-state index contributed by atoms with van der Waals surface area (Å²) in [5.74, 6) is -6.09. The second kappa shape index (κ2) is 13.6. The molecule has 3 unspecified atom stereocenters. The minimum atomic E-state index is -1.61. The van der Waals surface area contributed by atoms with Gasteiger partial charge in [-0.3, -0.25) is 24.1 Å². The number of amides is 3. The molecule has 3 aromatic rings. The second-order valence-corrected chi connectivity index (χ2v) is 10.6. The monoisotopic (exact) mass is 637 g/mol. The van der Waals surface area contributed by atoms with Crippen LogP contribution < -0.4 is 29.7 Å². The van der Waals surface area contributed by atoms with Crippen LogP contribution in [0.4, 0.5) is 19.3 Å². The summed E-state index contributed by atoms with van der Waals surface area (Å²) < 4.78 is 43.0. The molecule has 14 heteroatoms. The number of carbonyl (C=O) groups is 5. The molecule has 3 amide bonds. The Morgan fingerprint density at radius 1 is 1.00 bits per heavy atom. The number of aryl methyl sites for hydroxylation is 1. The molecule has 3 atom stereocenters. The van der Waals surface area contributed by atoms with Crippen molar-refractivity contribution in [2.24, 2.45) is 0 Å². The van der Waals surface area contributed by atoms with Gasteiger partial charge in [0, 0.05) is 6.42 Å². The predicted octanol–water partition coefficient (Wildman–Crippen LogP) is 2.94. The van der Waals surface area contributed by atoms with Crippen LogP contribution >= 0.6 is 0 Å². The smallest absolute Gasteiger partial charge is 0.413 e. The Morgan fingerprint density at radius 3 is 2.41 bits per heavy atom. The molecular formula is C32H29F2N3O9. The molecule has 0 saturated carbocycles. The molecule has 0 spiro atoms. The fourth-order valence-electron chi connectivity index (χ4n) is 5.43. The third kappa shape index (κ3) is 6.90. The first-order chi connectivity index (χ1) is 22.0. The standard InChI is InChI=1S/C32H29F2N3O9/c1-44-19-9-11-20(12-10-19)46-32(43)36-22-13-8-17-4-2-5-18-14-24(37(29(17)18)31(22)42)30(41)35-23(15-27(39)40)25(38)16-45-26-7-3-6-21(33)28(26)34/h2-7,9-12,22-24H,8,13-16H2,1H3,(H,35,41)(H,36,43)(H,39,40). The van der Waals surface area contributed by atoms with Crippen molar-refractivity contribution < 1.29 is 52.1 Å². The van der Waals surface area contributed by atoms with Gasteiger partial charge in [-0.2, -0.15) is 4.39 Å². The number of halogens is 2. The van der Waals surface area contributed by atoms with Gasteiger partial charge in [0.2, 0.25) is 17.6 Å². The number of hydrogen-bond acceptors (Lipinski definition) is 8. The zero-order valence-corrected chi connectivity index (χ0v) is 24.5. The second-order valence-electron chi connectivity index (χ2n) is 10.6. The quantitative estimate of drug-likeness (QED) is 0.287. The zero-order chi connectivity index (χ0) is 33.0. The van der Waals surface area contributed by atoms with Crippen molar-refractivity contribution in [1.29, 1.82) is 0 Å². The van der Waals surface area contributed by atoms with Crippen LogP contribution in [0.2, 0.25) is 0 Å². The van der Waals surface area contributed by atoms with Gasteiger partial charge in [0.05, 0.1) is 19.2 Å². The number of rotatable bonds is 11. The van der Waals surface area contributed by atoms with Crippen LogP contribution in [-0.2, 0) is 32.0 Å². The Bertz CT molecular complexity index is 1680. The summed E-state index contributed by atoms with van der Waals surface area (Å²) in [6.07, 6.45) is -1.08. The van der Waals surface area contributed by atoms with Crippen molar-refractivity contribution in [3.05, 3.63) is 83.4 Å². The van der Waals surface area contributed by atoms with Gasteiger partial charge in [0.1, 0.15) is 36.2 Å². The van der Waals surface area contributed by atoms with Crippen molar-refractivity contribution in [3.63, 3.8) is 0 Å². The number of hydrogen-bond donors (Lipinski definition) is 3. The van der Waals surface area contributed by atoms with Crippen LogP contribution in [0.1, 0.15) is 24.0 Å². The topological polar surface area (TPSA) is 161 Å². The molecule has 2 aliphatic heterocycles. The highest BCUT2D eigenvalue weighted by Gasteiger charge is 2.45.